The fourth-order valence-corrected chi connectivity index (χ4v) is 4.59. The predicted molar refractivity (Wildman–Crippen MR) is 106 cm³/mol. The quantitative estimate of drug-likeness (QED) is 0.551. The van der Waals surface area contributed by atoms with Crippen molar-refractivity contribution in [1.82, 2.24) is 9.61 Å². The van der Waals surface area contributed by atoms with E-state index in [0.29, 0.717) is 6.42 Å². The number of nitrogens with zero attached hydrogens (tertiary/aromatic N) is 2. The molecule has 1 atom stereocenters. The molecule has 0 aliphatic carbocycles. The number of hydrogen-bond acceptors (Lipinski definition) is 3. The largest absolute Gasteiger partial charge is 0.409 e. The summed E-state index contributed by atoms with van der Waals surface area (Å²) in [6.45, 7) is 17.1. The fourth-order valence-electron chi connectivity index (χ4n) is 3.18. The van der Waals surface area contributed by atoms with Crippen LogP contribution in [0.2, 0.25) is 13.1 Å². The van der Waals surface area contributed by atoms with E-state index >= 15 is 0 Å². The molecule has 2 aromatic heterocycles. The Balaban J connectivity index is 2.80. The average Bonchev–Trinajstić information content (AvgIpc) is 2.95. The van der Waals surface area contributed by atoms with Gasteiger partial charge in [-0.15, -0.1) is 0 Å². The Morgan fingerprint density at radius 1 is 1.20 bits per heavy atom. The summed E-state index contributed by atoms with van der Waals surface area (Å²) in [6.07, 6.45) is 1.33. The van der Waals surface area contributed by atoms with Crippen LogP contribution in [0.4, 0.5) is 0 Å². The summed E-state index contributed by atoms with van der Waals surface area (Å²) in [7, 11) is -1.29. The lowest BCUT2D eigenvalue weighted by Crippen LogP contribution is -2.44. The number of hydrogen-bond donors (Lipinski definition) is 0. The molecule has 1 unspecified atom stereocenters. The first-order chi connectivity index (χ1) is 11.5. The minimum atomic E-state index is -1.29. The van der Waals surface area contributed by atoms with Gasteiger partial charge < -0.3 is 4.43 Å². The molecule has 25 heavy (non-hydrogen) atoms. The average molecular weight is 361 g/mol. The van der Waals surface area contributed by atoms with Crippen LogP contribution in [0.15, 0.2) is 18.2 Å². The Morgan fingerprint density at radius 3 is 2.32 bits per heavy atom. The molecule has 0 saturated carbocycles. The van der Waals surface area contributed by atoms with Gasteiger partial charge in [-0.25, -0.2) is 4.52 Å². The summed E-state index contributed by atoms with van der Waals surface area (Å²) < 4.78 is 8.51. The molecule has 2 rings (SSSR count). The van der Waals surface area contributed by atoms with Gasteiger partial charge in [0.15, 0.2) is 14.8 Å². The summed E-state index contributed by atoms with van der Waals surface area (Å²) in [4.78, 5) is 12.4. The lowest BCUT2D eigenvalue weighted by molar-refractivity contribution is -0.0292. The number of carbonyl (C=O) groups excluding carboxylic acids is 1. The van der Waals surface area contributed by atoms with E-state index in [2.05, 4.69) is 47.7 Å². The third kappa shape index (κ3) is 3.58. The van der Waals surface area contributed by atoms with Crippen LogP contribution in [0.3, 0.4) is 0 Å². The molecule has 2 aromatic rings. The SMILES string of the molecule is CCC(=O)c1ccc(C(C)(O[SiH](C)C)C(C)(C)C)n2nc(CC)cc12. The maximum absolute atomic E-state index is 12.4. The highest BCUT2D eigenvalue weighted by molar-refractivity contribution is 6.48. The summed E-state index contributed by atoms with van der Waals surface area (Å²) in [5.41, 5.74) is 3.07. The number of aromatic nitrogens is 2. The highest BCUT2D eigenvalue weighted by atomic mass is 28.3. The zero-order valence-corrected chi connectivity index (χ0v) is 18.1. The lowest BCUT2D eigenvalue weighted by Gasteiger charge is -2.43. The van der Waals surface area contributed by atoms with E-state index in [-0.39, 0.29) is 11.2 Å². The van der Waals surface area contributed by atoms with Gasteiger partial charge in [-0.3, -0.25) is 4.79 Å². The minimum absolute atomic E-state index is 0.105. The van der Waals surface area contributed by atoms with E-state index in [0.717, 1.165) is 28.9 Å². The topological polar surface area (TPSA) is 43.6 Å². The van der Waals surface area contributed by atoms with Crippen LogP contribution in [0.5, 0.6) is 0 Å². The Labute approximate surface area is 153 Å². The molecule has 0 aromatic carbocycles. The summed E-state index contributed by atoms with van der Waals surface area (Å²) >= 11 is 0. The molecule has 0 spiro atoms. The summed E-state index contributed by atoms with van der Waals surface area (Å²) in [5.74, 6) is 0.149. The molecule has 5 heteroatoms. The second-order valence-corrected chi connectivity index (χ2v) is 10.5. The number of rotatable bonds is 6. The highest BCUT2D eigenvalue weighted by Gasteiger charge is 2.43. The lowest BCUT2D eigenvalue weighted by atomic mass is 9.75. The predicted octanol–water partition coefficient (Wildman–Crippen LogP) is 4.75. The molecular weight excluding hydrogens is 328 g/mol. The first-order valence-corrected chi connectivity index (χ1v) is 12.1. The standard InChI is InChI=1S/C20H32N2O2Si/c1-9-14-13-16-15(17(23)10-2)11-12-18(22(16)21-14)20(6,19(3,4)5)24-25(7)8/h11-13,25H,9-10H2,1-8H3. The van der Waals surface area contributed by atoms with Gasteiger partial charge in [0.2, 0.25) is 0 Å². The number of ketones is 1. The molecule has 2 heterocycles. The third-order valence-corrected chi connectivity index (χ3v) is 5.99. The minimum Gasteiger partial charge on any atom is -0.409 e. The zero-order chi connectivity index (χ0) is 19.0. The van der Waals surface area contributed by atoms with Gasteiger partial charge in [0.25, 0.3) is 0 Å². The van der Waals surface area contributed by atoms with Crippen LogP contribution in [-0.4, -0.2) is 24.4 Å². The fraction of sp³-hybridized carbons (Fsp3) is 0.600. The number of fused-ring (bicyclic) bond motifs is 1. The van der Waals surface area contributed by atoms with Crippen LogP contribution in [-0.2, 0) is 16.4 Å². The second-order valence-electron chi connectivity index (χ2n) is 8.15. The molecule has 0 aliphatic heterocycles. The van der Waals surface area contributed by atoms with E-state index < -0.39 is 14.6 Å². The first-order valence-electron chi connectivity index (χ1n) is 9.28. The summed E-state index contributed by atoms with van der Waals surface area (Å²) in [5, 5.41) is 4.80. The van der Waals surface area contributed by atoms with Crippen molar-refractivity contribution in [3.63, 3.8) is 0 Å². The molecule has 0 amide bonds. The van der Waals surface area contributed by atoms with E-state index in [1.165, 1.54) is 0 Å². The smallest absolute Gasteiger partial charge is 0.172 e. The van der Waals surface area contributed by atoms with E-state index in [1.54, 1.807) is 0 Å². The van der Waals surface area contributed by atoms with Gasteiger partial charge >= 0.3 is 0 Å². The van der Waals surface area contributed by atoms with Crippen LogP contribution >= 0.6 is 0 Å². The number of aryl methyl sites for hydroxylation is 1. The normalized spacial score (nSPS) is 14.9. The molecule has 0 fully saturated rings. The van der Waals surface area contributed by atoms with Crippen molar-refractivity contribution in [2.45, 2.75) is 73.1 Å². The Morgan fingerprint density at radius 2 is 1.84 bits per heavy atom. The van der Waals surface area contributed by atoms with Crippen molar-refractivity contribution in [1.29, 1.82) is 0 Å². The van der Waals surface area contributed by atoms with Gasteiger partial charge in [0.05, 0.1) is 16.9 Å². The highest BCUT2D eigenvalue weighted by Crippen LogP contribution is 2.43. The van der Waals surface area contributed by atoms with Gasteiger partial charge in [0.1, 0.15) is 5.60 Å². The van der Waals surface area contributed by atoms with Crippen LogP contribution in [0.1, 0.15) is 69.7 Å². The van der Waals surface area contributed by atoms with Crippen molar-refractivity contribution >= 4 is 20.3 Å². The molecule has 0 bridgehead atoms. The van der Waals surface area contributed by atoms with Gasteiger partial charge in [-0.1, -0.05) is 34.6 Å². The third-order valence-electron chi connectivity index (χ3n) is 5.05. The maximum atomic E-state index is 12.4. The molecular formula is C20H32N2O2Si. The van der Waals surface area contributed by atoms with Crippen LogP contribution in [0.25, 0.3) is 5.52 Å². The van der Waals surface area contributed by atoms with Gasteiger partial charge in [-0.05, 0) is 50.1 Å². The Kier molecular flexibility index (Phi) is 5.59. The van der Waals surface area contributed by atoms with E-state index in [4.69, 9.17) is 9.52 Å². The molecule has 0 aliphatic rings. The number of pyridine rings is 1. The molecule has 0 radical (unpaired) electrons. The number of carbonyl (C=O) groups is 1. The summed E-state index contributed by atoms with van der Waals surface area (Å²) in [6, 6.07) is 6.03. The van der Waals surface area contributed by atoms with E-state index in [9.17, 15) is 4.79 Å². The zero-order valence-electron chi connectivity index (χ0n) is 16.9. The monoisotopic (exact) mass is 360 g/mol. The van der Waals surface area contributed by atoms with Gasteiger partial charge in [-0.2, -0.15) is 5.10 Å². The first kappa shape index (κ1) is 19.9. The van der Waals surface area contributed by atoms with Crippen molar-refractivity contribution < 1.29 is 9.22 Å². The van der Waals surface area contributed by atoms with E-state index in [1.807, 2.05) is 29.6 Å². The van der Waals surface area contributed by atoms with Crippen molar-refractivity contribution in [3.8, 4) is 0 Å². The molecule has 0 saturated heterocycles. The molecule has 138 valence electrons. The Hall–Kier alpha value is -1.46. The van der Waals surface area contributed by atoms with Crippen molar-refractivity contribution in [3.05, 3.63) is 35.2 Å². The van der Waals surface area contributed by atoms with Crippen LogP contribution in [0, 0.1) is 5.41 Å². The van der Waals surface area contributed by atoms with Crippen LogP contribution < -0.4 is 0 Å². The molecule has 4 nitrogen and oxygen atoms in total. The Bertz CT molecular complexity index is 774. The van der Waals surface area contributed by atoms with Gasteiger partial charge in [0, 0.05) is 12.0 Å². The maximum Gasteiger partial charge on any atom is 0.172 e. The van der Waals surface area contributed by atoms with Crippen molar-refractivity contribution in [2.75, 3.05) is 0 Å². The molecule has 0 N–H and O–H groups in total. The second kappa shape index (κ2) is 7.04. The number of Topliss-reactive ketones (excluding diaryl/α,β-unsaturated/α-hetero) is 1. The van der Waals surface area contributed by atoms with Crippen molar-refractivity contribution in [2.24, 2.45) is 5.41 Å².